The molecule has 3 atom stereocenters. The highest BCUT2D eigenvalue weighted by Crippen LogP contribution is 2.33. The summed E-state index contributed by atoms with van der Waals surface area (Å²) in [5.74, 6) is 1.15. The van der Waals surface area contributed by atoms with E-state index in [0.717, 1.165) is 13.1 Å². The summed E-state index contributed by atoms with van der Waals surface area (Å²) in [6, 6.07) is 13.6. The maximum atomic E-state index is 12.6. The summed E-state index contributed by atoms with van der Waals surface area (Å²) in [5, 5.41) is 3.40. The summed E-state index contributed by atoms with van der Waals surface area (Å²) < 4.78 is 0. The van der Waals surface area contributed by atoms with Crippen molar-refractivity contribution in [3.63, 3.8) is 0 Å². The topological polar surface area (TPSA) is 71.2 Å². The number of carbonyl (C=O) groups excluding carboxylic acids is 1. The Hall–Kier alpha value is -1.95. The summed E-state index contributed by atoms with van der Waals surface area (Å²) in [5.41, 5.74) is 7.27. The first kappa shape index (κ1) is 17.9. The molecule has 1 aromatic carbocycles. The molecule has 0 aliphatic carbocycles. The number of halogens is 1. The monoisotopic (exact) mass is 358 g/mol. The first-order valence-electron chi connectivity index (χ1n) is 8.50. The predicted octanol–water partition coefficient (Wildman–Crippen LogP) is 2.74. The Balaban J connectivity index is 1.66. The quantitative estimate of drug-likeness (QED) is 0.862. The first-order chi connectivity index (χ1) is 12.1. The van der Waals surface area contributed by atoms with Crippen LogP contribution in [0, 0.1) is 5.92 Å². The van der Waals surface area contributed by atoms with Crippen molar-refractivity contribution in [2.75, 3.05) is 25.0 Å². The molecule has 132 valence electrons. The van der Waals surface area contributed by atoms with Gasteiger partial charge >= 0.3 is 0 Å². The number of nitrogens with one attached hydrogen (secondary N) is 1. The van der Waals surface area contributed by atoms with Gasteiger partial charge in [-0.25, -0.2) is 4.98 Å². The van der Waals surface area contributed by atoms with E-state index in [0.29, 0.717) is 29.2 Å². The molecule has 1 saturated heterocycles. The van der Waals surface area contributed by atoms with E-state index in [1.807, 2.05) is 25.1 Å². The molecule has 0 spiro atoms. The van der Waals surface area contributed by atoms with Gasteiger partial charge in [-0.1, -0.05) is 41.9 Å². The number of hydrogen-bond donors (Lipinski definition) is 2. The number of hydrogen-bond acceptors (Lipinski definition) is 4. The highest BCUT2D eigenvalue weighted by atomic mass is 35.5. The van der Waals surface area contributed by atoms with Gasteiger partial charge in [0, 0.05) is 25.2 Å². The molecule has 2 heterocycles. The second kappa shape index (κ2) is 7.95. The molecule has 1 fully saturated rings. The fraction of sp³-hybridized carbons (Fsp3) is 0.368. The maximum absolute atomic E-state index is 12.6. The van der Waals surface area contributed by atoms with E-state index in [1.165, 1.54) is 11.8 Å². The van der Waals surface area contributed by atoms with Crippen molar-refractivity contribution in [3.05, 3.63) is 59.2 Å². The van der Waals surface area contributed by atoms with Gasteiger partial charge in [0.2, 0.25) is 5.91 Å². The van der Waals surface area contributed by atoms with E-state index in [1.54, 1.807) is 12.1 Å². The summed E-state index contributed by atoms with van der Waals surface area (Å²) in [6.45, 7) is 4.18. The Morgan fingerprint density at radius 2 is 2.08 bits per heavy atom. The van der Waals surface area contributed by atoms with E-state index in [2.05, 4.69) is 27.3 Å². The fourth-order valence-electron chi connectivity index (χ4n) is 3.38. The highest BCUT2D eigenvalue weighted by Gasteiger charge is 2.36. The zero-order chi connectivity index (χ0) is 17.8. The minimum Gasteiger partial charge on any atom is -0.330 e. The number of aromatic nitrogens is 1. The third-order valence-electron chi connectivity index (χ3n) is 4.91. The Kier molecular flexibility index (Phi) is 5.68. The van der Waals surface area contributed by atoms with Gasteiger partial charge in [-0.15, -0.1) is 0 Å². The smallest absolute Gasteiger partial charge is 0.242 e. The van der Waals surface area contributed by atoms with Gasteiger partial charge < -0.3 is 11.1 Å². The largest absolute Gasteiger partial charge is 0.330 e. The number of pyridine rings is 1. The third-order valence-corrected chi connectivity index (χ3v) is 5.13. The first-order valence-corrected chi connectivity index (χ1v) is 8.87. The van der Waals surface area contributed by atoms with Crippen LogP contribution in [-0.2, 0) is 4.79 Å². The molecular formula is C19H23ClN4O. The van der Waals surface area contributed by atoms with Gasteiger partial charge in [0.25, 0.3) is 0 Å². The minimum atomic E-state index is -0.250. The number of benzene rings is 1. The van der Waals surface area contributed by atoms with Gasteiger partial charge in [0.05, 0.1) is 11.1 Å². The van der Waals surface area contributed by atoms with Crippen LogP contribution in [0.25, 0.3) is 0 Å². The number of anilines is 1. The SMILES string of the molecule is CC(C(=O)Nc1ccc(Cl)cn1)N1C[C@@H](CN)[C@H](c2ccccc2)C1. The molecule has 1 aromatic heterocycles. The van der Waals surface area contributed by atoms with Crippen LogP contribution in [-0.4, -0.2) is 41.5 Å². The lowest BCUT2D eigenvalue weighted by atomic mass is 9.89. The molecule has 2 aromatic rings. The Bertz CT molecular complexity index is 707. The number of carbonyl (C=O) groups is 1. The van der Waals surface area contributed by atoms with Crippen LogP contribution >= 0.6 is 11.6 Å². The molecule has 0 bridgehead atoms. The fourth-order valence-corrected chi connectivity index (χ4v) is 3.50. The summed E-state index contributed by atoms with van der Waals surface area (Å²) in [7, 11) is 0. The standard InChI is InChI=1S/C19H23ClN4O/c1-13(19(25)23-18-8-7-16(20)10-22-18)24-11-15(9-21)17(12-24)14-5-3-2-4-6-14/h2-8,10,13,15,17H,9,11-12,21H2,1H3,(H,22,23,25)/t13?,15-,17+/m1/s1. The zero-order valence-electron chi connectivity index (χ0n) is 14.2. The molecule has 25 heavy (non-hydrogen) atoms. The molecule has 1 aliphatic rings. The van der Waals surface area contributed by atoms with Crippen molar-refractivity contribution in [1.29, 1.82) is 0 Å². The molecule has 6 heteroatoms. The number of rotatable bonds is 5. The molecular weight excluding hydrogens is 336 g/mol. The molecule has 3 N–H and O–H groups in total. The zero-order valence-corrected chi connectivity index (χ0v) is 15.0. The lowest BCUT2D eigenvalue weighted by molar-refractivity contribution is -0.120. The second-order valence-electron chi connectivity index (χ2n) is 6.49. The molecule has 1 unspecified atom stereocenters. The van der Waals surface area contributed by atoms with Crippen molar-refractivity contribution in [2.24, 2.45) is 11.7 Å². The van der Waals surface area contributed by atoms with E-state index < -0.39 is 0 Å². The van der Waals surface area contributed by atoms with E-state index in [4.69, 9.17) is 17.3 Å². The molecule has 5 nitrogen and oxygen atoms in total. The van der Waals surface area contributed by atoms with Crippen LogP contribution in [0.3, 0.4) is 0 Å². The normalized spacial score (nSPS) is 21.9. The van der Waals surface area contributed by atoms with Crippen LogP contribution in [0.15, 0.2) is 48.7 Å². The lowest BCUT2D eigenvalue weighted by Gasteiger charge is -2.23. The van der Waals surface area contributed by atoms with Gasteiger partial charge in [0.15, 0.2) is 0 Å². The average Bonchev–Trinajstić information content (AvgIpc) is 3.08. The number of likely N-dealkylation sites (tertiary alicyclic amines) is 1. The molecule has 1 amide bonds. The van der Waals surface area contributed by atoms with Crippen LogP contribution in [0.1, 0.15) is 18.4 Å². The third kappa shape index (κ3) is 4.18. The Morgan fingerprint density at radius 1 is 1.32 bits per heavy atom. The van der Waals surface area contributed by atoms with Crippen molar-refractivity contribution >= 4 is 23.3 Å². The van der Waals surface area contributed by atoms with Crippen molar-refractivity contribution < 1.29 is 4.79 Å². The van der Waals surface area contributed by atoms with Crippen LogP contribution < -0.4 is 11.1 Å². The van der Waals surface area contributed by atoms with Crippen molar-refractivity contribution in [2.45, 2.75) is 18.9 Å². The van der Waals surface area contributed by atoms with E-state index in [-0.39, 0.29) is 11.9 Å². The van der Waals surface area contributed by atoms with Gasteiger partial charge in [-0.2, -0.15) is 0 Å². The Labute approximate surface area is 153 Å². The molecule has 0 saturated carbocycles. The van der Waals surface area contributed by atoms with Gasteiger partial charge in [-0.05, 0) is 37.1 Å². The Morgan fingerprint density at radius 3 is 2.72 bits per heavy atom. The highest BCUT2D eigenvalue weighted by molar-refractivity contribution is 6.30. The van der Waals surface area contributed by atoms with Crippen LogP contribution in [0.2, 0.25) is 5.02 Å². The predicted molar refractivity (Wildman–Crippen MR) is 101 cm³/mol. The molecule has 0 radical (unpaired) electrons. The minimum absolute atomic E-state index is 0.0701. The average molecular weight is 359 g/mol. The van der Waals surface area contributed by atoms with Gasteiger partial charge in [-0.3, -0.25) is 9.69 Å². The number of nitrogens with two attached hydrogens (primary N) is 1. The van der Waals surface area contributed by atoms with E-state index in [9.17, 15) is 4.79 Å². The number of amides is 1. The summed E-state index contributed by atoms with van der Waals surface area (Å²) in [4.78, 5) is 18.9. The molecule has 1 aliphatic heterocycles. The second-order valence-corrected chi connectivity index (χ2v) is 6.93. The van der Waals surface area contributed by atoms with Crippen molar-refractivity contribution in [1.82, 2.24) is 9.88 Å². The van der Waals surface area contributed by atoms with Crippen molar-refractivity contribution in [3.8, 4) is 0 Å². The molecule has 3 rings (SSSR count). The summed E-state index contributed by atoms with van der Waals surface area (Å²) in [6.07, 6.45) is 1.52. The van der Waals surface area contributed by atoms with E-state index >= 15 is 0 Å². The number of nitrogens with zero attached hydrogens (tertiary/aromatic N) is 2. The maximum Gasteiger partial charge on any atom is 0.242 e. The van der Waals surface area contributed by atoms with Gasteiger partial charge in [0.1, 0.15) is 5.82 Å². The lowest BCUT2D eigenvalue weighted by Crippen LogP contribution is -2.41. The van der Waals surface area contributed by atoms with Crippen LogP contribution in [0.5, 0.6) is 0 Å². The summed E-state index contributed by atoms with van der Waals surface area (Å²) >= 11 is 5.83. The van der Waals surface area contributed by atoms with Crippen LogP contribution in [0.4, 0.5) is 5.82 Å².